The third kappa shape index (κ3) is 2.29. The number of fused-ring (bicyclic) bond motifs is 1. The number of hydrogen-bond acceptors (Lipinski definition) is 4. The molecule has 0 bridgehead atoms. The van der Waals surface area contributed by atoms with Crippen LogP contribution in [0.3, 0.4) is 0 Å². The summed E-state index contributed by atoms with van der Waals surface area (Å²) in [7, 11) is 1.45. The molecule has 2 aliphatic heterocycles. The summed E-state index contributed by atoms with van der Waals surface area (Å²) >= 11 is 0.0131. The molecule has 0 radical (unpaired) electrons. The molecule has 0 spiro atoms. The van der Waals surface area contributed by atoms with Crippen molar-refractivity contribution >= 4 is 5.97 Å². The van der Waals surface area contributed by atoms with E-state index >= 15 is 0 Å². The summed E-state index contributed by atoms with van der Waals surface area (Å²) in [5, 5.41) is 3.22. The van der Waals surface area contributed by atoms with Crippen LogP contribution >= 0.6 is 0 Å². The molecule has 15 heavy (non-hydrogen) atoms. The second-order valence-corrected chi connectivity index (χ2v) is 7.64. The van der Waals surface area contributed by atoms with E-state index in [1.807, 2.05) is 0 Å². The van der Waals surface area contributed by atoms with E-state index < -0.39 is 0 Å². The predicted molar refractivity (Wildman–Crippen MR) is 51.4 cm³/mol. The van der Waals surface area contributed by atoms with Gasteiger partial charge in [-0.15, -0.1) is 0 Å². The van der Waals surface area contributed by atoms with Gasteiger partial charge in [0.2, 0.25) is 0 Å². The molecule has 2 saturated heterocycles. The number of halogens is 1. The van der Waals surface area contributed by atoms with Crippen LogP contribution in [0.1, 0.15) is 13.8 Å². The topological polar surface area (TPSA) is 47.6 Å². The SMILES string of the molecule is COC(=O)[C@H]1NCC2OC(C)(C)C[I-]C21. The average Bonchev–Trinajstić information content (AvgIpc) is 2.57. The Morgan fingerprint density at radius 3 is 3.00 bits per heavy atom. The molecule has 0 aromatic heterocycles. The summed E-state index contributed by atoms with van der Waals surface area (Å²) in [5.41, 5.74) is 0.00113. The molecule has 3 atom stereocenters. The Bertz CT molecular complexity index is 269. The van der Waals surface area contributed by atoms with E-state index in [-0.39, 0.29) is 44.9 Å². The van der Waals surface area contributed by atoms with Crippen LogP contribution in [-0.4, -0.2) is 45.7 Å². The van der Waals surface area contributed by atoms with Crippen molar-refractivity contribution in [2.24, 2.45) is 0 Å². The molecule has 1 N–H and O–H groups in total. The average molecular weight is 326 g/mol. The number of carbonyl (C=O) groups excluding carboxylic acids is 1. The van der Waals surface area contributed by atoms with Gasteiger partial charge in [0.15, 0.2) is 0 Å². The third-order valence-corrected chi connectivity index (χ3v) is 7.53. The van der Waals surface area contributed by atoms with Crippen molar-refractivity contribution in [1.29, 1.82) is 0 Å². The van der Waals surface area contributed by atoms with E-state index in [0.717, 1.165) is 11.0 Å². The van der Waals surface area contributed by atoms with Crippen LogP contribution in [0.25, 0.3) is 0 Å². The van der Waals surface area contributed by atoms with Crippen molar-refractivity contribution in [2.45, 2.75) is 35.5 Å². The summed E-state index contributed by atoms with van der Waals surface area (Å²) in [5.74, 6) is -0.134. The van der Waals surface area contributed by atoms with Crippen LogP contribution in [0.2, 0.25) is 0 Å². The molecule has 0 aliphatic carbocycles. The van der Waals surface area contributed by atoms with E-state index in [1.165, 1.54) is 7.11 Å². The van der Waals surface area contributed by atoms with Gasteiger partial charge in [-0.1, -0.05) is 0 Å². The molecular formula is C10H17INO3-. The van der Waals surface area contributed by atoms with E-state index in [1.54, 1.807) is 0 Å². The molecular weight excluding hydrogens is 309 g/mol. The molecule has 0 amide bonds. The molecule has 2 aliphatic rings. The molecule has 0 aromatic carbocycles. The van der Waals surface area contributed by atoms with E-state index in [0.29, 0.717) is 3.92 Å². The molecule has 2 unspecified atom stereocenters. The Balaban J connectivity index is 2.04. The van der Waals surface area contributed by atoms with Crippen LogP contribution in [0.4, 0.5) is 0 Å². The zero-order chi connectivity index (χ0) is 11.1. The van der Waals surface area contributed by atoms with Gasteiger partial charge >= 0.3 is 100 Å². The van der Waals surface area contributed by atoms with Gasteiger partial charge in [-0.3, -0.25) is 0 Å². The Morgan fingerprint density at radius 2 is 2.33 bits per heavy atom. The standard InChI is InChI=1S/C10H17INO3/c1-10(2)5-11-7-6(15-10)4-12-8(7)9(13)14-3/h6-8,12H,4-5H2,1-3H3/q-1/t6?,7?,8-/m0/s1. The van der Waals surface area contributed by atoms with E-state index in [9.17, 15) is 4.79 Å². The van der Waals surface area contributed by atoms with Crippen LogP contribution in [0.5, 0.6) is 0 Å². The normalized spacial score (nSPS) is 39.0. The number of nitrogens with one attached hydrogen (secondary N) is 1. The fourth-order valence-electron chi connectivity index (χ4n) is 2.03. The molecule has 2 fully saturated rings. The first-order valence-corrected chi connectivity index (χ1v) is 7.87. The van der Waals surface area contributed by atoms with E-state index in [4.69, 9.17) is 9.47 Å². The minimum absolute atomic E-state index is 0.00113. The van der Waals surface area contributed by atoms with Gasteiger partial charge in [-0.2, -0.15) is 0 Å². The van der Waals surface area contributed by atoms with Gasteiger partial charge in [-0.05, 0) is 0 Å². The monoisotopic (exact) mass is 326 g/mol. The van der Waals surface area contributed by atoms with Gasteiger partial charge in [-0.25, -0.2) is 0 Å². The van der Waals surface area contributed by atoms with Gasteiger partial charge in [0.25, 0.3) is 0 Å². The van der Waals surface area contributed by atoms with Crippen LogP contribution in [-0.2, 0) is 14.3 Å². The van der Waals surface area contributed by atoms with Crippen molar-refractivity contribution in [1.82, 2.24) is 5.32 Å². The number of carbonyl (C=O) groups is 1. The molecule has 5 heteroatoms. The fraction of sp³-hybridized carbons (Fsp3) is 0.900. The predicted octanol–water partition coefficient (Wildman–Crippen LogP) is -3.23. The summed E-state index contributed by atoms with van der Waals surface area (Å²) in [4.78, 5) is 11.5. The molecule has 2 heterocycles. The molecule has 0 saturated carbocycles. The molecule has 2 rings (SSSR count). The number of ether oxygens (including phenoxy) is 2. The minimum atomic E-state index is -0.134. The second kappa shape index (κ2) is 4.18. The van der Waals surface area contributed by atoms with Crippen LogP contribution < -0.4 is 26.5 Å². The zero-order valence-electron chi connectivity index (χ0n) is 9.25. The number of hydrogen-bond donors (Lipinski definition) is 1. The van der Waals surface area contributed by atoms with Crippen molar-refractivity contribution < 1.29 is 35.5 Å². The summed E-state index contributed by atoms with van der Waals surface area (Å²) in [6.45, 7) is 5.05. The Labute approximate surface area is 100 Å². The van der Waals surface area contributed by atoms with Crippen molar-refractivity contribution in [3.8, 4) is 0 Å². The first-order chi connectivity index (χ1) is 7.03. The number of methoxy groups -OCH3 is 1. The summed E-state index contributed by atoms with van der Waals surface area (Å²) in [6.07, 6.45) is 0.214. The van der Waals surface area contributed by atoms with E-state index in [2.05, 4.69) is 19.2 Å². The van der Waals surface area contributed by atoms with Crippen molar-refractivity contribution in [3.05, 3.63) is 0 Å². The quantitative estimate of drug-likeness (QED) is 0.313. The van der Waals surface area contributed by atoms with Crippen molar-refractivity contribution in [2.75, 3.05) is 18.1 Å². The first-order valence-electron chi connectivity index (χ1n) is 5.10. The zero-order valence-corrected chi connectivity index (χ0v) is 11.4. The Kier molecular flexibility index (Phi) is 3.23. The van der Waals surface area contributed by atoms with Gasteiger partial charge < -0.3 is 0 Å². The van der Waals surface area contributed by atoms with Gasteiger partial charge in [0.05, 0.1) is 0 Å². The fourth-order valence-corrected chi connectivity index (χ4v) is 5.81. The second-order valence-electron chi connectivity index (χ2n) is 4.56. The van der Waals surface area contributed by atoms with Crippen LogP contribution in [0, 0.1) is 0 Å². The maximum atomic E-state index is 11.5. The number of esters is 1. The number of rotatable bonds is 1. The third-order valence-electron chi connectivity index (χ3n) is 2.72. The molecule has 88 valence electrons. The van der Waals surface area contributed by atoms with Gasteiger partial charge in [0, 0.05) is 0 Å². The summed E-state index contributed by atoms with van der Waals surface area (Å²) < 4.78 is 12.3. The summed E-state index contributed by atoms with van der Waals surface area (Å²) in [6, 6.07) is -0.121. The van der Waals surface area contributed by atoms with Crippen LogP contribution in [0.15, 0.2) is 0 Å². The molecule has 4 nitrogen and oxygen atoms in total. The Morgan fingerprint density at radius 1 is 1.60 bits per heavy atom. The number of alkyl halides is 2. The van der Waals surface area contributed by atoms with Gasteiger partial charge in [0.1, 0.15) is 0 Å². The van der Waals surface area contributed by atoms with Crippen molar-refractivity contribution in [3.63, 3.8) is 0 Å². The Hall–Kier alpha value is 0.120. The maximum absolute atomic E-state index is 11.5. The first kappa shape index (κ1) is 11.6. The molecule has 0 aromatic rings.